The maximum absolute atomic E-state index is 11.8. The van der Waals surface area contributed by atoms with Gasteiger partial charge in [0.15, 0.2) is 0 Å². The fourth-order valence-corrected chi connectivity index (χ4v) is 3.67. The summed E-state index contributed by atoms with van der Waals surface area (Å²) in [7, 11) is 0. The maximum atomic E-state index is 11.8. The number of carbonyl (C=O) groups is 1. The van der Waals surface area contributed by atoms with Crippen LogP contribution >= 0.6 is 0 Å². The molecular formula is C20H37NO5. The van der Waals surface area contributed by atoms with E-state index in [0.29, 0.717) is 19.8 Å². The van der Waals surface area contributed by atoms with E-state index >= 15 is 0 Å². The number of carbonyl (C=O) groups excluding carboxylic acids is 1. The van der Waals surface area contributed by atoms with Gasteiger partial charge in [0.25, 0.3) is 0 Å². The van der Waals surface area contributed by atoms with E-state index in [-0.39, 0.29) is 36.4 Å². The number of ether oxygens (including phenoxy) is 4. The summed E-state index contributed by atoms with van der Waals surface area (Å²) in [5.74, 6) is 0.185. The Hall–Kier alpha value is -0.850. The lowest BCUT2D eigenvalue weighted by Crippen LogP contribution is -2.58. The van der Waals surface area contributed by atoms with E-state index in [0.717, 1.165) is 51.6 Å². The lowest BCUT2D eigenvalue weighted by atomic mass is 9.79. The van der Waals surface area contributed by atoms with Gasteiger partial charge in [-0.25, -0.2) is 4.79 Å². The molecule has 2 aliphatic rings. The highest BCUT2D eigenvalue weighted by Gasteiger charge is 2.51. The van der Waals surface area contributed by atoms with Crippen LogP contribution in [0.15, 0.2) is 0 Å². The molecule has 1 saturated heterocycles. The summed E-state index contributed by atoms with van der Waals surface area (Å²) in [5.41, 5.74) is 0. The Balaban J connectivity index is 2.05. The topological polar surface area (TPSA) is 66.0 Å². The summed E-state index contributed by atoms with van der Waals surface area (Å²) in [6, 6.07) is -0.127. The van der Waals surface area contributed by atoms with Crippen molar-refractivity contribution in [2.75, 3.05) is 26.4 Å². The van der Waals surface area contributed by atoms with E-state index in [1.165, 1.54) is 0 Å². The largest absolute Gasteiger partial charge is 0.444 e. The number of amides is 1. The van der Waals surface area contributed by atoms with Crippen LogP contribution in [0.5, 0.6) is 0 Å². The predicted octanol–water partition coefficient (Wildman–Crippen LogP) is 3.67. The normalized spacial score (nSPS) is 30.7. The standard InChI is InChI=1S/C20H37NO5/c1-4-7-10-23-14-15-13-16-17(21-20(22)26-16)19(25-12-9-6-3)18(15)24-11-8-5-2/h15-19H,4-14H2,1-3H3,(H,21,22)/t15-,16+,17+,18-,19?/m1/s1. The van der Waals surface area contributed by atoms with Crippen LogP contribution in [0.25, 0.3) is 0 Å². The van der Waals surface area contributed by atoms with Crippen molar-refractivity contribution >= 4 is 6.09 Å². The lowest BCUT2D eigenvalue weighted by molar-refractivity contribution is -0.154. The van der Waals surface area contributed by atoms with Crippen molar-refractivity contribution in [3.05, 3.63) is 0 Å². The molecule has 0 radical (unpaired) electrons. The van der Waals surface area contributed by atoms with Gasteiger partial charge in [0.05, 0.1) is 18.8 Å². The first-order valence-corrected chi connectivity index (χ1v) is 10.5. The van der Waals surface area contributed by atoms with Crippen molar-refractivity contribution in [1.29, 1.82) is 0 Å². The molecule has 1 saturated carbocycles. The first-order chi connectivity index (χ1) is 12.7. The minimum absolute atomic E-state index is 0.0664. The highest BCUT2D eigenvalue weighted by Crippen LogP contribution is 2.35. The fourth-order valence-electron chi connectivity index (χ4n) is 3.67. The van der Waals surface area contributed by atoms with Crippen molar-refractivity contribution in [3.8, 4) is 0 Å². The van der Waals surface area contributed by atoms with Crippen molar-refractivity contribution in [2.24, 2.45) is 5.92 Å². The van der Waals surface area contributed by atoms with Crippen molar-refractivity contribution in [1.82, 2.24) is 5.32 Å². The molecule has 0 aromatic rings. The molecule has 1 unspecified atom stereocenters. The summed E-state index contributed by atoms with van der Waals surface area (Å²) < 4.78 is 23.9. The van der Waals surface area contributed by atoms with Gasteiger partial charge in [0, 0.05) is 25.7 Å². The molecule has 26 heavy (non-hydrogen) atoms. The van der Waals surface area contributed by atoms with Gasteiger partial charge in [0.1, 0.15) is 12.2 Å². The van der Waals surface area contributed by atoms with E-state index in [4.69, 9.17) is 18.9 Å². The molecule has 0 bridgehead atoms. The average Bonchev–Trinajstić information content (AvgIpc) is 3.00. The second-order valence-corrected chi connectivity index (χ2v) is 7.42. The number of alkyl carbamates (subject to hydrolysis) is 1. The van der Waals surface area contributed by atoms with E-state index < -0.39 is 0 Å². The minimum Gasteiger partial charge on any atom is -0.444 e. The van der Waals surface area contributed by atoms with Gasteiger partial charge in [-0.1, -0.05) is 40.0 Å². The summed E-state index contributed by atoms with van der Waals surface area (Å²) in [6.45, 7) is 9.25. The molecule has 1 aliphatic carbocycles. The summed E-state index contributed by atoms with van der Waals surface area (Å²) >= 11 is 0. The monoisotopic (exact) mass is 371 g/mol. The molecule has 2 rings (SSSR count). The molecule has 1 amide bonds. The first kappa shape index (κ1) is 21.5. The Labute approximate surface area is 158 Å². The number of hydrogen-bond donors (Lipinski definition) is 1. The third kappa shape index (κ3) is 6.10. The Kier molecular flexibility index (Phi) is 9.72. The average molecular weight is 372 g/mol. The Bertz CT molecular complexity index is 406. The molecule has 6 heteroatoms. The SMILES string of the molecule is CCCCOC[C@H]1C[C@@H]2OC(=O)N[C@@H]2C(OCCCC)[C@@H]1OCCCC. The predicted molar refractivity (Wildman–Crippen MR) is 100 cm³/mol. The van der Waals surface area contributed by atoms with E-state index in [9.17, 15) is 4.79 Å². The smallest absolute Gasteiger partial charge is 0.407 e. The zero-order valence-corrected chi connectivity index (χ0v) is 16.7. The van der Waals surface area contributed by atoms with E-state index in [1.54, 1.807) is 0 Å². The van der Waals surface area contributed by atoms with Crippen LogP contribution in [0.2, 0.25) is 0 Å². The Morgan fingerprint density at radius 2 is 1.58 bits per heavy atom. The molecule has 2 fully saturated rings. The van der Waals surface area contributed by atoms with Crippen LogP contribution in [-0.2, 0) is 18.9 Å². The summed E-state index contributed by atoms with van der Waals surface area (Å²) in [6.07, 6.45) is 6.41. The molecule has 1 N–H and O–H groups in total. The van der Waals surface area contributed by atoms with Crippen molar-refractivity contribution in [3.63, 3.8) is 0 Å². The molecule has 152 valence electrons. The first-order valence-electron chi connectivity index (χ1n) is 10.5. The molecule has 5 atom stereocenters. The fraction of sp³-hybridized carbons (Fsp3) is 0.950. The van der Waals surface area contributed by atoms with Gasteiger partial charge in [-0.05, 0) is 25.7 Å². The van der Waals surface area contributed by atoms with Gasteiger partial charge in [-0.2, -0.15) is 0 Å². The number of nitrogens with one attached hydrogen (secondary N) is 1. The quantitative estimate of drug-likeness (QED) is 0.500. The van der Waals surface area contributed by atoms with Crippen LogP contribution in [-0.4, -0.2) is 56.9 Å². The van der Waals surface area contributed by atoms with Crippen LogP contribution in [0.1, 0.15) is 65.7 Å². The maximum Gasteiger partial charge on any atom is 0.407 e. The second-order valence-electron chi connectivity index (χ2n) is 7.42. The Morgan fingerprint density at radius 1 is 0.962 bits per heavy atom. The van der Waals surface area contributed by atoms with Crippen molar-refractivity contribution < 1.29 is 23.7 Å². The highest BCUT2D eigenvalue weighted by molar-refractivity contribution is 5.70. The van der Waals surface area contributed by atoms with Crippen LogP contribution in [0.4, 0.5) is 4.79 Å². The molecular weight excluding hydrogens is 334 g/mol. The van der Waals surface area contributed by atoms with Gasteiger partial charge in [0.2, 0.25) is 0 Å². The zero-order chi connectivity index (χ0) is 18.8. The molecule has 0 spiro atoms. The minimum atomic E-state index is -0.344. The summed E-state index contributed by atoms with van der Waals surface area (Å²) in [4.78, 5) is 11.8. The number of rotatable bonds is 13. The van der Waals surface area contributed by atoms with Crippen LogP contribution in [0.3, 0.4) is 0 Å². The van der Waals surface area contributed by atoms with Gasteiger partial charge < -0.3 is 24.3 Å². The van der Waals surface area contributed by atoms with E-state index in [1.807, 2.05) is 0 Å². The molecule has 6 nitrogen and oxygen atoms in total. The zero-order valence-electron chi connectivity index (χ0n) is 16.7. The molecule has 0 aromatic carbocycles. The highest BCUT2D eigenvalue weighted by atomic mass is 16.6. The van der Waals surface area contributed by atoms with Crippen LogP contribution in [0, 0.1) is 5.92 Å². The summed E-state index contributed by atoms with van der Waals surface area (Å²) in [5, 5.41) is 2.94. The lowest BCUT2D eigenvalue weighted by Gasteiger charge is -2.42. The van der Waals surface area contributed by atoms with E-state index in [2.05, 4.69) is 26.1 Å². The Morgan fingerprint density at radius 3 is 2.23 bits per heavy atom. The molecule has 0 aromatic heterocycles. The number of hydrogen-bond acceptors (Lipinski definition) is 5. The molecule has 1 heterocycles. The van der Waals surface area contributed by atoms with Gasteiger partial charge >= 0.3 is 6.09 Å². The second kappa shape index (κ2) is 11.8. The van der Waals surface area contributed by atoms with Crippen LogP contribution < -0.4 is 5.32 Å². The van der Waals surface area contributed by atoms with Crippen molar-refractivity contribution in [2.45, 2.75) is 90.1 Å². The third-order valence-corrected chi connectivity index (χ3v) is 5.21. The van der Waals surface area contributed by atoms with Gasteiger partial charge in [-0.3, -0.25) is 0 Å². The number of unbranched alkanes of at least 4 members (excludes halogenated alkanes) is 3. The third-order valence-electron chi connectivity index (χ3n) is 5.21. The van der Waals surface area contributed by atoms with Gasteiger partial charge in [-0.15, -0.1) is 0 Å². The number of fused-ring (bicyclic) bond motifs is 1. The molecule has 1 aliphatic heterocycles.